The number of nitrogens with one attached hydrogen (secondary N) is 2. The summed E-state index contributed by atoms with van der Waals surface area (Å²) in [5.41, 5.74) is 2.27. The van der Waals surface area contributed by atoms with Crippen molar-refractivity contribution >= 4 is 11.7 Å². The third kappa shape index (κ3) is 5.38. The van der Waals surface area contributed by atoms with Crippen molar-refractivity contribution in [2.24, 2.45) is 0 Å². The fourth-order valence-electron chi connectivity index (χ4n) is 2.36. The van der Waals surface area contributed by atoms with Crippen molar-refractivity contribution < 1.29 is 18.7 Å². The lowest BCUT2D eigenvalue weighted by Gasteiger charge is -2.12. The minimum absolute atomic E-state index is 0.369. The lowest BCUT2D eigenvalue weighted by Crippen LogP contribution is -2.30. The fraction of sp³-hybridized carbons (Fsp3) is 0.316. The zero-order valence-corrected chi connectivity index (χ0v) is 14.7. The number of benzene rings is 2. The van der Waals surface area contributed by atoms with Gasteiger partial charge in [-0.05, 0) is 55.7 Å². The van der Waals surface area contributed by atoms with Gasteiger partial charge in [0.15, 0.2) is 11.5 Å². The molecular formula is C19H23FN2O3. The van der Waals surface area contributed by atoms with E-state index < -0.39 is 0 Å². The van der Waals surface area contributed by atoms with Crippen molar-refractivity contribution in [2.45, 2.75) is 20.3 Å². The van der Waals surface area contributed by atoms with E-state index in [1.165, 1.54) is 12.1 Å². The second-order valence-electron chi connectivity index (χ2n) is 5.51. The van der Waals surface area contributed by atoms with Gasteiger partial charge in [-0.1, -0.05) is 12.1 Å². The van der Waals surface area contributed by atoms with Crippen molar-refractivity contribution in [1.82, 2.24) is 5.32 Å². The first-order valence-electron chi connectivity index (χ1n) is 8.14. The molecule has 2 amide bonds. The first-order chi connectivity index (χ1) is 12.0. The molecule has 0 bridgehead atoms. The number of urea groups is 1. The molecule has 0 saturated heterocycles. The Hall–Kier alpha value is -2.76. The molecule has 0 radical (unpaired) electrons. The van der Waals surface area contributed by atoms with E-state index in [1.54, 1.807) is 20.1 Å². The maximum atomic E-state index is 13.2. The van der Waals surface area contributed by atoms with Crippen molar-refractivity contribution in [2.75, 3.05) is 25.6 Å². The number of halogens is 1. The number of hydrogen-bond acceptors (Lipinski definition) is 3. The summed E-state index contributed by atoms with van der Waals surface area (Å²) in [5.74, 6) is 0.975. The highest BCUT2D eigenvalue weighted by atomic mass is 19.1. The van der Waals surface area contributed by atoms with Crippen LogP contribution < -0.4 is 20.1 Å². The molecule has 0 aliphatic rings. The van der Waals surface area contributed by atoms with Gasteiger partial charge in [0.2, 0.25) is 0 Å². The number of rotatable bonds is 7. The first kappa shape index (κ1) is 18.6. The second kappa shape index (κ2) is 8.92. The van der Waals surface area contributed by atoms with E-state index in [0.717, 1.165) is 11.1 Å². The number of hydrogen-bond donors (Lipinski definition) is 2. The Morgan fingerprint density at radius 2 is 1.96 bits per heavy atom. The third-order valence-electron chi connectivity index (χ3n) is 3.67. The van der Waals surface area contributed by atoms with Gasteiger partial charge in [0.05, 0.1) is 13.7 Å². The Bertz CT molecular complexity index is 735. The highest BCUT2D eigenvalue weighted by Crippen LogP contribution is 2.28. The van der Waals surface area contributed by atoms with Gasteiger partial charge in [0.1, 0.15) is 5.82 Å². The predicted molar refractivity (Wildman–Crippen MR) is 96.0 cm³/mol. The number of carbonyl (C=O) groups is 1. The first-order valence-corrected chi connectivity index (χ1v) is 8.14. The average Bonchev–Trinajstić information content (AvgIpc) is 2.59. The molecule has 0 fully saturated rings. The topological polar surface area (TPSA) is 59.6 Å². The van der Waals surface area contributed by atoms with Gasteiger partial charge < -0.3 is 20.1 Å². The summed E-state index contributed by atoms with van der Waals surface area (Å²) in [4.78, 5) is 11.9. The highest BCUT2D eigenvalue weighted by molar-refractivity contribution is 5.90. The molecule has 0 unspecified atom stereocenters. The molecule has 2 rings (SSSR count). The summed E-state index contributed by atoms with van der Waals surface area (Å²) in [7, 11) is 1.59. The lowest BCUT2D eigenvalue weighted by molar-refractivity contribution is 0.252. The summed E-state index contributed by atoms with van der Waals surface area (Å²) in [6.45, 7) is 4.73. The summed E-state index contributed by atoms with van der Waals surface area (Å²) in [6, 6.07) is 9.59. The molecule has 5 nitrogen and oxygen atoms in total. The standard InChI is InChI=1S/C19H23FN2O3/c1-4-25-17-8-6-14(11-18(17)24-3)9-10-21-19(23)22-16-12-15(20)7-5-13(16)2/h5-8,11-12H,4,9-10H2,1-3H3,(H2,21,22,23). The lowest BCUT2D eigenvalue weighted by atomic mass is 10.1. The van der Waals surface area contributed by atoms with Crippen LogP contribution in [0.25, 0.3) is 0 Å². The zero-order valence-electron chi connectivity index (χ0n) is 14.7. The molecule has 2 aromatic carbocycles. The highest BCUT2D eigenvalue weighted by Gasteiger charge is 2.07. The minimum Gasteiger partial charge on any atom is -0.493 e. The average molecular weight is 346 g/mol. The van der Waals surface area contributed by atoms with E-state index in [0.29, 0.717) is 36.8 Å². The van der Waals surface area contributed by atoms with Gasteiger partial charge >= 0.3 is 6.03 Å². The van der Waals surface area contributed by atoms with E-state index in [9.17, 15) is 9.18 Å². The normalized spacial score (nSPS) is 10.2. The largest absolute Gasteiger partial charge is 0.493 e. The Kier molecular flexibility index (Phi) is 6.62. The fourth-order valence-corrected chi connectivity index (χ4v) is 2.36. The molecule has 0 aliphatic heterocycles. The van der Waals surface area contributed by atoms with Crippen LogP contribution >= 0.6 is 0 Å². The molecule has 25 heavy (non-hydrogen) atoms. The molecule has 0 saturated carbocycles. The van der Waals surface area contributed by atoms with E-state index >= 15 is 0 Å². The van der Waals surface area contributed by atoms with Crippen molar-refractivity contribution in [3.63, 3.8) is 0 Å². The molecule has 2 aromatic rings. The number of anilines is 1. The molecule has 0 aromatic heterocycles. The smallest absolute Gasteiger partial charge is 0.319 e. The van der Waals surface area contributed by atoms with Crippen LogP contribution in [0.4, 0.5) is 14.9 Å². The quantitative estimate of drug-likeness (QED) is 0.799. The van der Waals surface area contributed by atoms with Crippen molar-refractivity contribution in [3.05, 3.63) is 53.3 Å². The summed E-state index contributed by atoms with van der Waals surface area (Å²) in [5, 5.41) is 5.41. The molecule has 0 heterocycles. The summed E-state index contributed by atoms with van der Waals surface area (Å²) >= 11 is 0. The van der Waals surface area contributed by atoms with Crippen LogP contribution in [0.1, 0.15) is 18.1 Å². The van der Waals surface area contributed by atoms with Gasteiger partial charge in [0, 0.05) is 12.2 Å². The number of carbonyl (C=O) groups excluding carboxylic acids is 1. The minimum atomic E-state index is -0.387. The number of ether oxygens (including phenoxy) is 2. The van der Waals surface area contributed by atoms with Crippen LogP contribution in [0.15, 0.2) is 36.4 Å². The second-order valence-corrected chi connectivity index (χ2v) is 5.51. The Balaban J connectivity index is 1.87. The van der Waals surface area contributed by atoms with E-state index in [1.807, 2.05) is 25.1 Å². The summed E-state index contributed by atoms with van der Waals surface area (Å²) in [6.07, 6.45) is 0.637. The van der Waals surface area contributed by atoms with Crippen LogP contribution in [-0.2, 0) is 6.42 Å². The summed E-state index contributed by atoms with van der Waals surface area (Å²) < 4.78 is 24.0. The maximum Gasteiger partial charge on any atom is 0.319 e. The number of amides is 2. The monoisotopic (exact) mass is 346 g/mol. The van der Waals surface area contributed by atoms with Crippen molar-refractivity contribution in [3.8, 4) is 11.5 Å². The van der Waals surface area contributed by atoms with Gasteiger partial charge in [-0.15, -0.1) is 0 Å². The molecule has 6 heteroatoms. The van der Waals surface area contributed by atoms with Crippen LogP contribution in [0.5, 0.6) is 11.5 Å². The molecule has 134 valence electrons. The van der Waals surface area contributed by atoms with Crippen LogP contribution in [0, 0.1) is 12.7 Å². The van der Waals surface area contributed by atoms with Crippen LogP contribution in [-0.4, -0.2) is 26.3 Å². The van der Waals surface area contributed by atoms with E-state index in [-0.39, 0.29) is 11.8 Å². The predicted octanol–water partition coefficient (Wildman–Crippen LogP) is 3.91. The van der Waals surface area contributed by atoms with Gasteiger partial charge in [-0.25, -0.2) is 9.18 Å². The number of aryl methyl sites for hydroxylation is 1. The van der Waals surface area contributed by atoms with Gasteiger partial charge in [-0.2, -0.15) is 0 Å². The Labute approximate surface area is 147 Å². The molecule has 2 N–H and O–H groups in total. The SMILES string of the molecule is CCOc1ccc(CCNC(=O)Nc2cc(F)ccc2C)cc1OC. The molecule has 0 spiro atoms. The van der Waals surface area contributed by atoms with E-state index in [4.69, 9.17) is 9.47 Å². The van der Waals surface area contributed by atoms with Crippen molar-refractivity contribution in [1.29, 1.82) is 0 Å². The molecular weight excluding hydrogens is 323 g/mol. The van der Waals surface area contributed by atoms with E-state index in [2.05, 4.69) is 10.6 Å². The Morgan fingerprint density at radius 1 is 1.16 bits per heavy atom. The third-order valence-corrected chi connectivity index (χ3v) is 3.67. The van der Waals surface area contributed by atoms with Gasteiger partial charge in [-0.3, -0.25) is 0 Å². The molecule has 0 atom stereocenters. The van der Waals surface area contributed by atoms with Crippen LogP contribution in [0.2, 0.25) is 0 Å². The Morgan fingerprint density at radius 3 is 2.68 bits per heavy atom. The van der Waals surface area contributed by atoms with Gasteiger partial charge in [0.25, 0.3) is 0 Å². The van der Waals surface area contributed by atoms with Crippen LogP contribution in [0.3, 0.4) is 0 Å². The number of methoxy groups -OCH3 is 1. The molecule has 0 aliphatic carbocycles. The maximum absolute atomic E-state index is 13.2. The zero-order chi connectivity index (χ0) is 18.2.